The minimum atomic E-state index is -0.659. The van der Waals surface area contributed by atoms with Crippen LogP contribution in [-0.2, 0) is 14.2 Å². The van der Waals surface area contributed by atoms with E-state index in [1.165, 1.54) is 0 Å². The first-order valence-electron chi connectivity index (χ1n) is 11.4. The molecule has 3 fully saturated rings. The Morgan fingerprint density at radius 2 is 1.85 bits per heavy atom. The van der Waals surface area contributed by atoms with Gasteiger partial charge in [0.25, 0.3) is 0 Å². The highest BCUT2D eigenvalue weighted by Crippen LogP contribution is 2.38. The molecule has 3 aromatic rings. The number of benzene rings is 2. The molecule has 0 bridgehead atoms. The van der Waals surface area contributed by atoms with Gasteiger partial charge >= 0.3 is 0 Å². The number of nitrogens with zero attached hydrogens (tertiary/aromatic N) is 2. The van der Waals surface area contributed by atoms with Crippen LogP contribution in [0.4, 0.5) is 5.69 Å². The van der Waals surface area contributed by atoms with Crippen molar-refractivity contribution in [1.82, 2.24) is 4.98 Å². The van der Waals surface area contributed by atoms with Gasteiger partial charge < -0.3 is 33.9 Å². The van der Waals surface area contributed by atoms with Gasteiger partial charge in [0.15, 0.2) is 6.10 Å². The van der Waals surface area contributed by atoms with Gasteiger partial charge in [0, 0.05) is 29.7 Å². The van der Waals surface area contributed by atoms with Crippen LogP contribution in [0.3, 0.4) is 0 Å². The maximum Gasteiger partial charge on any atom is 0.210 e. The average molecular weight is 482 g/mol. The molecule has 3 aliphatic heterocycles. The molecular formula is C25H24ClN3O5. The maximum absolute atomic E-state index is 9.97. The summed E-state index contributed by atoms with van der Waals surface area (Å²) < 4.78 is 22.8. The van der Waals surface area contributed by atoms with Gasteiger partial charge in [0.1, 0.15) is 29.9 Å². The summed E-state index contributed by atoms with van der Waals surface area (Å²) in [6.07, 6.45) is -1.84. The molecule has 3 aliphatic rings. The van der Waals surface area contributed by atoms with Crippen molar-refractivity contribution < 1.29 is 24.1 Å². The monoisotopic (exact) mass is 481 g/mol. The van der Waals surface area contributed by atoms with Gasteiger partial charge in [0.2, 0.25) is 5.88 Å². The molecule has 0 aliphatic carbocycles. The molecule has 0 spiro atoms. The number of rotatable bonds is 4. The summed E-state index contributed by atoms with van der Waals surface area (Å²) in [5.41, 5.74) is 4.08. The Hall–Kier alpha value is -2.80. The van der Waals surface area contributed by atoms with Crippen LogP contribution in [0, 0.1) is 11.3 Å². The first-order valence-corrected chi connectivity index (χ1v) is 11.8. The van der Waals surface area contributed by atoms with E-state index in [0.717, 1.165) is 48.5 Å². The van der Waals surface area contributed by atoms with E-state index in [9.17, 15) is 10.4 Å². The third-order valence-corrected chi connectivity index (χ3v) is 7.08. The van der Waals surface area contributed by atoms with Gasteiger partial charge in [-0.25, -0.2) is 0 Å². The maximum atomic E-state index is 9.97. The van der Waals surface area contributed by atoms with E-state index in [-0.39, 0.29) is 19.3 Å². The lowest BCUT2D eigenvalue weighted by Gasteiger charge is -2.29. The Morgan fingerprint density at radius 1 is 1.09 bits per heavy atom. The number of fused-ring (bicyclic) bond motifs is 2. The highest BCUT2D eigenvalue weighted by atomic mass is 35.5. The topological polar surface area (TPSA) is 100.0 Å². The van der Waals surface area contributed by atoms with E-state index in [2.05, 4.69) is 28.1 Å². The minimum absolute atomic E-state index is 0.219. The molecule has 0 radical (unpaired) electrons. The molecule has 34 heavy (non-hydrogen) atoms. The zero-order valence-electron chi connectivity index (χ0n) is 18.4. The predicted octanol–water partition coefficient (Wildman–Crippen LogP) is 3.10. The molecule has 2 aromatic carbocycles. The Labute approximate surface area is 201 Å². The van der Waals surface area contributed by atoms with E-state index < -0.39 is 18.3 Å². The van der Waals surface area contributed by atoms with Crippen molar-refractivity contribution in [3.63, 3.8) is 0 Å². The summed E-state index contributed by atoms with van der Waals surface area (Å²) in [5, 5.41) is 21.2. The van der Waals surface area contributed by atoms with Gasteiger partial charge in [-0.2, -0.15) is 5.26 Å². The fourth-order valence-electron chi connectivity index (χ4n) is 4.98. The predicted molar refractivity (Wildman–Crippen MR) is 126 cm³/mol. The third kappa shape index (κ3) is 3.70. The van der Waals surface area contributed by atoms with Gasteiger partial charge in [-0.3, -0.25) is 0 Å². The van der Waals surface area contributed by atoms with Gasteiger partial charge in [-0.15, -0.1) is 0 Å². The molecule has 0 saturated carbocycles. The molecule has 8 nitrogen and oxygen atoms in total. The first-order chi connectivity index (χ1) is 16.6. The number of hydrogen-bond acceptors (Lipinski definition) is 7. The fourth-order valence-corrected chi connectivity index (χ4v) is 5.25. The van der Waals surface area contributed by atoms with Crippen LogP contribution < -0.4 is 9.64 Å². The molecular weight excluding hydrogens is 458 g/mol. The summed E-state index contributed by atoms with van der Waals surface area (Å²) >= 11 is 6.65. The van der Waals surface area contributed by atoms with Crippen molar-refractivity contribution in [3.8, 4) is 23.1 Å². The van der Waals surface area contributed by atoms with Crippen LogP contribution in [0.25, 0.3) is 22.0 Å². The lowest BCUT2D eigenvalue weighted by atomic mass is 10.0. The number of nitriles is 1. The van der Waals surface area contributed by atoms with Crippen LogP contribution in [0.15, 0.2) is 36.4 Å². The third-order valence-electron chi connectivity index (χ3n) is 6.77. The molecule has 2 N–H and O–H groups in total. The number of anilines is 1. The van der Waals surface area contributed by atoms with Crippen LogP contribution in [0.2, 0.25) is 5.02 Å². The van der Waals surface area contributed by atoms with E-state index in [4.69, 9.17) is 30.5 Å². The molecule has 0 unspecified atom stereocenters. The van der Waals surface area contributed by atoms with Crippen molar-refractivity contribution in [2.75, 3.05) is 44.4 Å². The van der Waals surface area contributed by atoms with Crippen LogP contribution in [0.1, 0.15) is 5.56 Å². The highest BCUT2D eigenvalue weighted by Gasteiger charge is 2.48. The van der Waals surface area contributed by atoms with E-state index in [0.29, 0.717) is 22.0 Å². The van der Waals surface area contributed by atoms with Crippen molar-refractivity contribution in [2.24, 2.45) is 0 Å². The lowest BCUT2D eigenvalue weighted by molar-refractivity contribution is 0.00789. The van der Waals surface area contributed by atoms with Crippen LogP contribution in [0.5, 0.6) is 5.88 Å². The Balaban J connectivity index is 1.30. The number of aromatic amines is 1. The van der Waals surface area contributed by atoms with Crippen LogP contribution in [-0.4, -0.2) is 74.0 Å². The minimum Gasteiger partial charge on any atom is -0.469 e. The molecule has 0 amide bonds. The lowest BCUT2D eigenvalue weighted by Crippen LogP contribution is -2.36. The number of morpholine rings is 1. The first kappa shape index (κ1) is 21.7. The number of halogens is 1. The average Bonchev–Trinajstić information content (AvgIpc) is 3.54. The van der Waals surface area contributed by atoms with Crippen molar-refractivity contribution in [1.29, 1.82) is 5.26 Å². The number of ether oxygens (including phenoxy) is 4. The second kappa shape index (κ2) is 8.77. The molecule has 4 atom stereocenters. The molecule has 9 heteroatoms. The number of nitrogens with one attached hydrogen (secondary N) is 1. The Kier molecular flexibility index (Phi) is 5.60. The SMILES string of the molecule is N#Cc1c(O[C@H]2CO[C@H]3[C@@H]2OC[C@H]3O)[nH]c2cc(Cl)c(-c3ccc(N4CCOCC4)cc3)cc12. The zero-order chi connectivity index (χ0) is 23.2. The highest BCUT2D eigenvalue weighted by molar-refractivity contribution is 6.34. The number of aliphatic hydroxyl groups excluding tert-OH is 1. The van der Waals surface area contributed by atoms with Crippen molar-refractivity contribution in [2.45, 2.75) is 24.4 Å². The Morgan fingerprint density at radius 3 is 2.62 bits per heavy atom. The summed E-state index contributed by atoms with van der Waals surface area (Å²) in [7, 11) is 0. The number of H-pyrrole nitrogens is 1. The Bertz CT molecular complexity index is 1250. The normalized spacial score (nSPS) is 26.6. The van der Waals surface area contributed by atoms with E-state index in [1.807, 2.05) is 24.3 Å². The van der Waals surface area contributed by atoms with E-state index in [1.54, 1.807) is 0 Å². The smallest absolute Gasteiger partial charge is 0.210 e. The van der Waals surface area contributed by atoms with E-state index >= 15 is 0 Å². The molecule has 3 saturated heterocycles. The number of aromatic nitrogens is 1. The quantitative estimate of drug-likeness (QED) is 0.590. The number of aliphatic hydroxyl groups is 1. The second-order valence-electron chi connectivity index (χ2n) is 8.78. The summed E-state index contributed by atoms with van der Waals surface area (Å²) in [6, 6.07) is 14.3. The van der Waals surface area contributed by atoms with Crippen molar-refractivity contribution in [3.05, 3.63) is 47.0 Å². The molecule has 1 aromatic heterocycles. The molecule has 6 rings (SSSR count). The standard InChI is InChI=1S/C25H24ClN3O5/c26-19-10-20-17(9-16(19)14-1-3-15(4-2-14)29-5-7-31-8-6-29)18(11-27)25(28-20)34-22-13-33-23-21(30)12-32-24(22)23/h1-4,9-10,21-24,28,30H,5-8,12-13H2/t21-,22+,23-,24-/m1/s1. The summed E-state index contributed by atoms with van der Waals surface area (Å²) in [6.45, 7) is 3.73. The van der Waals surface area contributed by atoms with Gasteiger partial charge in [0.05, 0.1) is 37.0 Å². The van der Waals surface area contributed by atoms with Gasteiger partial charge in [-0.05, 0) is 29.8 Å². The second-order valence-corrected chi connectivity index (χ2v) is 9.19. The van der Waals surface area contributed by atoms with Crippen LogP contribution >= 0.6 is 11.6 Å². The summed E-state index contributed by atoms with van der Waals surface area (Å²) in [5.74, 6) is 0.354. The largest absolute Gasteiger partial charge is 0.469 e. The molecule has 176 valence electrons. The van der Waals surface area contributed by atoms with Gasteiger partial charge in [-0.1, -0.05) is 23.7 Å². The summed E-state index contributed by atoms with van der Waals surface area (Å²) in [4.78, 5) is 5.48. The van der Waals surface area contributed by atoms with Crippen molar-refractivity contribution >= 4 is 28.2 Å². The number of hydrogen-bond donors (Lipinski definition) is 2. The fraction of sp³-hybridized carbons (Fsp3) is 0.400. The zero-order valence-corrected chi connectivity index (χ0v) is 19.1. The molecule has 4 heterocycles.